The van der Waals surface area contributed by atoms with E-state index in [0.717, 1.165) is 0 Å². The zero-order valence-electron chi connectivity index (χ0n) is 10.1. The minimum Gasteiger partial charge on any atom is -0.302 e. The maximum atomic E-state index is 11.5. The number of aromatic nitrogens is 2. The Hall–Kier alpha value is -2.05. The fourth-order valence-corrected chi connectivity index (χ4v) is 1.83. The van der Waals surface area contributed by atoms with Gasteiger partial charge in [-0.15, -0.1) is 0 Å². The fraction of sp³-hybridized carbons (Fsp3) is 0.0833. The van der Waals surface area contributed by atoms with Crippen molar-refractivity contribution in [2.75, 3.05) is 0 Å². The Labute approximate surface area is 123 Å². The van der Waals surface area contributed by atoms with Crippen LogP contribution in [0.3, 0.4) is 0 Å². The van der Waals surface area contributed by atoms with Crippen LogP contribution in [0, 0.1) is 0 Å². The smallest absolute Gasteiger partial charge is 0.264 e. The summed E-state index contributed by atoms with van der Waals surface area (Å²) in [7, 11) is 0. The van der Waals surface area contributed by atoms with Gasteiger partial charge in [-0.05, 0) is 6.07 Å². The van der Waals surface area contributed by atoms with Crippen LogP contribution >= 0.6 is 23.2 Å². The van der Waals surface area contributed by atoms with Gasteiger partial charge in [0.05, 0.1) is 22.7 Å². The minimum atomic E-state index is -0.366. The molecule has 0 saturated heterocycles. The highest BCUT2D eigenvalue weighted by atomic mass is 35.5. The molecule has 2 rings (SSSR count). The maximum Gasteiger partial charge on any atom is 0.264 e. The Morgan fingerprint density at radius 3 is 2.85 bits per heavy atom. The predicted octanol–water partition coefficient (Wildman–Crippen LogP) is 1.70. The first-order valence-electron chi connectivity index (χ1n) is 5.59. The quantitative estimate of drug-likeness (QED) is 0.592. The Morgan fingerprint density at radius 2 is 2.15 bits per heavy atom. The summed E-state index contributed by atoms with van der Waals surface area (Å²) in [5.41, 5.74) is 3.11. The van der Waals surface area contributed by atoms with E-state index in [1.807, 2.05) is 0 Å². The zero-order chi connectivity index (χ0) is 14.5. The van der Waals surface area contributed by atoms with Crippen LogP contribution in [0.15, 0.2) is 34.2 Å². The van der Waals surface area contributed by atoms with Crippen molar-refractivity contribution in [3.05, 3.63) is 55.9 Å². The lowest BCUT2D eigenvalue weighted by molar-refractivity contribution is -0.120. The average molecular weight is 313 g/mol. The van der Waals surface area contributed by atoms with Gasteiger partial charge in [0.2, 0.25) is 5.91 Å². The first-order chi connectivity index (χ1) is 9.56. The Kier molecular flexibility index (Phi) is 4.60. The van der Waals surface area contributed by atoms with Crippen molar-refractivity contribution in [3.8, 4) is 0 Å². The van der Waals surface area contributed by atoms with Crippen molar-refractivity contribution in [2.45, 2.75) is 6.42 Å². The van der Waals surface area contributed by atoms with Gasteiger partial charge < -0.3 is 5.10 Å². The Bertz CT molecular complexity index is 705. The molecule has 0 radical (unpaired) electrons. The molecule has 0 aliphatic heterocycles. The molecule has 20 heavy (non-hydrogen) atoms. The summed E-state index contributed by atoms with van der Waals surface area (Å²) in [5, 5.41) is 9.46. The van der Waals surface area contributed by atoms with Crippen LogP contribution in [-0.2, 0) is 11.2 Å². The summed E-state index contributed by atoms with van der Waals surface area (Å²) in [5.74, 6) is -0.366. The maximum absolute atomic E-state index is 11.5. The second-order valence-electron chi connectivity index (χ2n) is 3.90. The highest BCUT2D eigenvalue weighted by Gasteiger charge is 2.05. The number of rotatable bonds is 4. The SMILES string of the molecule is O=C(Cc1cc(=O)[nH][nH]1)N/N=C/c1cccc(Cl)c1Cl. The van der Waals surface area contributed by atoms with E-state index in [9.17, 15) is 9.59 Å². The lowest BCUT2D eigenvalue weighted by atomic mass is 10.2. The first-order valence-corrected chi connectivity index (χ1v) is 6.34. The fourth-order valence-electron chi connectivity index (χ4n) is 1.47. The van der Waals surface area contributed by atoms with E-state index >= 15 is 0 Å². The molecule has 0 atom stereocenters. The molecule has 1 aromatic heterocycles. The number of aromatic amines is 2. The molecule has 1 amide bonds. The van der Waals surface area contributed by atoms with E-state index in [-0.39, 0.29) is 17.9 Å². The lowest BCUT2D eigenvalue weighted by Gasteiger charge is -2.00. The van der Waals surface area contributed by atoms with E-state index < -0.39 is 0 Å². The van der Waals surface area contributed by atoms with Crippen molar-refractivity contribution in [3.63, 3.8) is 0 Å². The van der Waals surface area contributed by atoms with Crippen LogP contribution in [-0.4, -0.2) is 22.3 Å². The summed E-state index contributed by atoms with van der Waals surface area (Å²) in [6, 6.07) is 6.40. The second-order valence-corrected chi connectivity index (χ2v) is 4.68. The number of hydrogen-bond donors (Lipinski definition) is 3. The highest BCUT2D eigenvalue weighted by Crippen LogP contribution is 2.23. The van der Waals surface area contributed by atoms with Gasteiger partial charge >= 0.3 is 0 Å². The molecule has 0 unspecified atom stereocenters. The van der Waals surface area contributed by atoms with E-state index in [2.05, 4.69) is 20.7 Å². The van der Waals surface area contributed by atoms with Crippen LogP contribution in [0.25, 0.3) is 0 Å². The number of benzene rings is 1. The largest absolute Gasteiger partial charge is 0.302 e. The Balaban J connectivity index is 1.94. The summed E-state index contributed by atoms with van der Waals surface area (Å²) in [6.07, 6.45) is 1.41. The van der Waals surface area contributed by atoms with Gasteiger partial charge in [0.1, 0.15) is 0 Å². The van der Waals surface area contributed by atoms with E-state index in [1.54, 1.807) is 18.2 Å². The third-order valence-electron chi connectivity index (χ3n) is 2.38. The summed E-state index contributed by atoms with van der Waals surface area (Å²) < 4.78 is 0. The number of nitrogens with zero attached hydrogens (tertiary/aromatic N) is 1. The lowest BCUT2D eigenvalue weighted by Crippen LogP contribution is -2.20. The summed E-state index contributed by atoms with van der Waals surface area (Å²) in [6.45, 7) is 0. The van der Waals surface area contributed by atoms with E-state index in [1.165, 1.54) is 12.3 Å². The molecule has 8 heteroatoms. The van der Waals surface area contributed by atoms with Crippen LogP contribution in [0.4, 0.5) is 0 Å². The second kappa shape index (κ2) is 6.40. The summed E-state index contributed by atoms with van der Waals surface area (Å²) in [4.78, 5) is 22.4. The number of carbonyl (C=O) groups excluding carboxylic acids is 1. The van der Waals surface area contributed by atoms with Gasteiger partial charge in [-0.3, -0.25) is 14.7 Å². The molecule has 3 N–H and O–H groups in total. The van der Waals surface area contributed by atoms with Gasteiger partial charge in [0.25, 0.3) is 5.56 Å². The standard InChI is InChI=1S/C12H10Cl2N4O2/c13-9-3-1-2-7(12(9)14)6-15-17-10(19)4-8-5-11(20)18-16-8/h1-3,5-6H,4H2,(H,17,19)(H2,16,18,20)/b15-6+. The van der Waals surface area contributed by atoms with E-state index in [4.69, 9.17) is 23.2 Å². The third-order valence-corrected chi connectivity index (χ3v) is 3.21. The molecular weight excluding hydrogens is 303 g/mol. The molecule has 0 aliphatic carbocycles. The first kappa shape index (κ1) is 14.4. The average Bonchev–Trinajstić information content (AvgIpc) is 2.80. The molecule has 0 spiro atoms. The molecule has 2 aromatic rings. The predicted molar refractivity (Wildman–Crippen MR) is 77.3 cm³/mol. The van der Waals surface area contributed by atoms with Gasteiger partial charge in [-0.1, -0.05) is 35.3 Å². The highest BCUT2D eigenvalue weighted by molar-refractivity contribution is 6.43. The normalized spacial score (nSPS) is 10.9. The molecule has 1 heterocycles. The zero-order valence-corrected chi connectivity index (χ0v) is 11.6. The molecule has 104 valence electrons. The number of hydrogen-bond acceptors (Lipinski definition) is 3. The molecule has 0 aliphatic rings. The number of halogens is 2. The Morgan fingerprint density at radius 1 is 1.35 bits per heavy atom. The van der Waals surface area contributed by atoms with Crippen LogP contribution < -0.4 is 11.0 Å². The molecular formula is C12H10Cl2N4O2. The summed E-state index contributed by atoms with van der Waals surface area (Å²) >= 11 is 11.8. The number of amides is 1. The number of hydrazone groups is 1. The van der Waals surface area contributed by atoms with Crippen LogP contribution in [0.2, 0.25) is 10.0 Å². The molecule has 6 nitrogen and oxygen atoms in total. The van der Waals surface area contributed by atoms with Crippen molar-refractivity contribution < 1.29 is 4.79 Å². The number of nitrogens with one attached hydrogen (secondary N) is 3. The van der Waals surface area contributed by atoms with Crippen molar-refractivity contribution in [1.29, 1.82) is 0 Å². The van der Waals surface area contributed by atoms with Gasteiger partial charge in [0.15, 0.2) is 0 Å². The van der Waals surface area contributed by atoms with Crippen LogP contribution in [0.1, 0.15) is 11.3 Å². The number of carbonyl (C=O) groups is 1. The van der Waals surface area contributed by atoms with Crippen molar-refractivity contribution in [1.82, 2.24) is 15.6 Å². The van der Waals surface area contributed by atoms with Crippen LogP contribution in [0.5, 0.6) is 0 Å². The van der Waals surface area contributed by atoms with Crippen molar-refractivity contribution >= 4 is 35.3 Å². The topological polar surface area (TPSA) is 90.1 Å². The minimum absolute atomic E-state index is 0.0133. The van der Waals surface area contributed by atoms with E-state index in [0.29, 0.717) is 21.3 Å². The number of H-pyrrole nitrogens is 2. The monoisotopic (exact) mass is 312 g/mol. The molecule has 0 saturated carbocycles. The van der Waals surface area contributed by atoms with Gasteiger partial charge in [-0.2, -0.15) is 5.10 Å². The van der Waals surface area contributed by atoms with Crippen molar-refractivity contribution in [2.24, 2.45) is 5.10 Å². The molecule has 0 fully saturated rings. The van der Waals surface area contributed by atoms with Gasteiger partial charge in [0, 0.05) is 17.3 Å². The molecule has 0 bridgehead atoms. The third kappa shape index (κ3) is 3.72. The van der Waals surface area contributed by atoms with Gasteiger partial charge in [-0.25, -0.2) is 5.43 Å². The molecule has 1 aromatic carbocycles.